The minimum atomic E-state index is 0.0672. The lowest BCUT2D eigenvalue weighted by Gasteiger charge is -2.26. The summed E-state index contributed by atoms with van der Waals surface area (Å²) in [6.45, 7) is 8.30. The Labute approximate surface area is 156 Å². The number of fused-ring (bicyclic) bond motifs is 1. The fourth-order valence-electron chi connectivity index (χ4n) is 3.39. The molecular weight excluding hydrogens is 346 g/mol. The molecule has 0 amide bonds. The molecule has 136 valence electrons. The smallest absolute Gasteiger partial charge is 0.262 e. The highest BCUT2D eigenvalue weighted by Gasteiger charge is 2.17. The van der Waals surface area contributed by atoms with Gasteiger partial charge >= 0.3 is 0 Å². The van der Waals surface area contributed by atoms with E-state index < -0.39 is 0 Å². The van der Waals surface area contributed by atoms with Crippen molar-refractivity contribution in [3.63, 3.8) is 0 Å². The van der Waals surface area contributed by atoms with Gasteiger partial charge in [0.1, 0.15) is 0 Å². The van der Waals surface area contributed by atoms with E-state index in [-0.39, 0.29) is 5.56 Å². The highest BCUT2D eigenvalue weighted by Crippen LogP contribution is 2.25. The number of thiazole rings is 1. The van der Waals surface area contributed by atoms with Gasteiger partial charge in [-0.3, -0.25) is 14.1 Å². The molecule has 6 heteroatoms. The van der Waals surface area contributed by atoms with Gasteiger partial charge in [0.05, 0.1) is 18.9 Å². The Bertz CT molecular complexity index is 969. The third-order valence-corrected chi connectivity index (χ3v) is 5.82. The molecule has 0 N–H and O–H groups in total. The minimum Gasteiger partial charge on any atom is -0.379 e. The van der Waals surface area contributed by atoms with Crippen LogP contribution in [0.4, 0.5) is 0 Å². The number of aromatic nitrogens is 2. The van der Waals surface area contributed by atoms with Gasteiger partial charge in [0.15, 0.2) is 4.96 Å². The Balaban J connectivity index is 1.71. The zero-order valence-electron chi connectivity index (χ0n) is 15.2. The van der Waals surface area contributed by atoms with Crippen molar-refractivity contribution in [1.82, 2.24) is 14.3 Å². The van der Waals surface area contributed by atoms with E-state index in [9.17, 15) is 4.79 Å². The lowest BCUT2D eigenvalue weighted by atomic mass is 10.1. The average Bonchev–Trinajstić information content (AvgIpc) is 3.07. The molecule has 4 rings (SSSR count). The molecule has 1 aliphatic rings. The number of hydrogen-bond donors (Lipinski definition) is 0. The summed E-state index contributed by atoms with van der Waals surface area (Å²) in [5.74, 6) is 0. The molecule has 1 saturated heterocycles. The predicted molar refractivity (Wildman–Crippen MR) is 105 cm³/mol. The molecule has 0 atom stereocenters. The maximum absolute atomic E-state index is 13.2. The second kappa shape index (κ2) is 7.31. The number of rotatable bonds is 4. The standard InChI is InChI=1S/C20H23N3O2S/c1-14-3-5-16(6-4-14)18-13-26-20-21-15(2)17(19(24)23(18)20)7-8-22-9-11-25-12-10-22/h3-6,13H,7-12H2,1-2H3. The maximum atomic E-state index is 13.2. The summed E-state index contributed by atoms with van der Waals surface area (Å²) in [5, 5.41) is 2.03. The van der Waals surface area contributed by atoms with Crippen LogP contribution in [0.3, 0.4) is 0 Å². The summed E-state index contributed by atoms with van der Waals surface area (Å²) < 4.78 is 7.18. The second-order valence-electron chi connectivity index (χ2n) is 6.79. The van der Waals surface area contributed by atoms with Crippen molar-refractivity contribution in [2.24, 2.45) is 0 Å². The third-order valence-electron chi connectivity index (χ3n) is 5.00. The maximum Gasteiger partial charge on any atom is 0.262 e. The highest BCUT2D eigenvalue weighted by molar-refractivity contribution is 7.15. The van der Waals surface area contributed by atoms with Crippen LogP contribution in [-0.4, -0.2) is 47.1 Å². The lowest BCUT2D eigenvalue weighted by Crippen LogP contribution is -2.38. The predicted octanol–water partition coefficient (Wildman–Crippen LogP) is 2.91. The van der Waals surface area contributed by atoms with Crippen molar-refractivity contribution in [2.75, 3.05) is 32.8 Å². The van der Waals surface area contributed by atoms with Crippen LogP contribution in [0.1, 0.15) is 16.8 Å². The van der Waals surface area contributed by atoms with E-state index in [4.69, 9.17) is 9.72 Å². The number of benzene rings is 1. The third kappa shape index (κ3) is 3.32. The molecule has 3 aromatic rings. The van der Waals surface area contributed by atoms with Gasteiger partial charge in [0.2, 0.25) is 0 Å². The van der Waals surface area contributed by atoms with Crippen LogP contribution in [0.2, 0.25) is 0 Å². The Hall–Kier alpha value is -2.02. The van der Waals surface area contributed by atoms with Crippen LogP contribution in [0.25, 0.3) is 16.2 Å². The largest absolute Gasteiger partial charge is 0.379 e. The molecule has 0 radical (unpaired) electrons. The Kier molecular flexibility index (Phi) is 4.89. The van der Waals surface area contributed by atoms with Crippen molar-refractivity contribution in [3.05, 3.63) is 56.8 Å². The molecule has 3 heterocycles. The normalized spacial score (nSPS) is 15.6. The molecule has 26 heavy (non-hydrogen) atoms. The van der Waals surface area contributed by atoms with Crippen LogP contribution in [0.5, 0.6) is 0 Å². The first-order valence-corrected chi connectivity index (χ1v) is 9.88. The van der Waals surface area contributed by atoms with E-state index in [0.717, 1.165) is 66.7 Å². The first-order valence-electron chi connectivity index (χ1n) is 9.00. The van der Waals surface area contributed by atoms with Crippen molar-refractivity contribution in [3.8, 4) is 11.3 Å². The monoisotopic (exact) mass is 369 g/mol. The van der Waals surface area contributed by atoms with E-state index in [2.05, 4.69) is 36.1 Å². The van der Waals surface area contributed by atoms with E-state index in [0.29, 0.717) is 0 Å². The summed E-state index contributed by atoms with van der Waals surface area (Å²) in [7, 11) is 0. The minimum absolute atomic E-state index is 0.0672. The van der Waals surface area contributed by atoms with Crippen molar-refractivity contribution in [2.45, 2.75) is 20.3 Å². The van der Waals surface area contributed by atoms with Crippen molar-refractivity contribution in [1.29, 1.82) is 0 Å². The molecule has 0 saturated carbocycles. The summed E-state index contributed by atoms with van der Waals surface area (Å²) in [6, 6.07) is 8.28. The molecule has 0 unspecified atom stereocenters. The molecule has 5 nitrogen and oxygen atoms in total. The van der Waals surface area contributed by atoms with Gasteiger partial charge in [-0.05, 0) is 25.8 Å². The van der Waals surface area contributed by atoms with Crippen LogP contribution in [0.15, 0.2) is 34.4 Å². The van der Waals surface area contributed by atoms with E-state index >= 15 is 0 Å². The lowest BCUT2D eigenvalue weighted by molar-refractivity contribution is 0.0384. The fourth-order valence-corrected chi connectivity index (χ4v) is 4.33. The second-order valence-corrected chi connectivity index (χ2v) is 7.63. The van der Waals surface area contributed by atoms with E-state index in [1.807, 2.05) is 12.3 Å². The van der Waals surface area contributed by atoms with Crippen LogP contribution in [0, 0.1) is 13.8 Å². The SMILES string of the molecule is Cc1ccc(-c2csc3nc(C)c(CCN4CCOCC4)c(=O)n23)cc1. The zero-order valence-corrected chi connectivity index (χ0v) is 16.0. The van der Waals surface area contributed by atoms with Gasteiger partial charge in [0.25, 0.3) is 5.56 Å². The fraction of sp³-hybridized carbons (Fsp3) is 0.400. The number of nitrogens with zero attached hydrogens (tertiary/aromatic N) is 3. The van der Waals surface area contributed by atoms with Gasteiger partial charge < -0.3 is 4.74 Å². The van der Waals surface area contributed by atoms with Gasteiger partial charge in [-0.15, -0.1) is 11.3 Å². The first-order chi connectivity index (χ1) is 12.6. The zero-order chi connectivity index (χ0) is 18.1. The Morgan fingerprint density at radius 1 is 1.15 bits per heavy atom. The van der Waals surface area contributed by atoms with Gasteiger partial charge in [-0.25, -0.2) is 4.98 Å². The van der Waals surface area contributed by atoms with Crippen molar-refractivity contribution >= 4 is 16.3 Å². The molecule has 1 aliphatic heterocycles. The molecule has 0 spiro atoms. The Morgan fingerprint density at radius 3 is 2.62 bits per heavy atom. The molecule has 2 aromatic heterocycles. The highest BCUT2D eigenvalue weighted by atomic mass is 32.1. The molecular formula is C20H23N3O2S. The van der Waals surface area contributed by atoms with Gasteiger partial charge in [-0.2, -0.15) is 0 Å². The molecule has 0 aliphatic carbocycles. The van der Waals surface area contributed by atoms with Crippen LogP contribution >= 0.6 is 11.3 Å². The molecule has 1 fully saturated rings. The van der Waals surface area contributed by atoms with E-state index in [1.165, 1.54) is 16.9 Å². The topological polar surface area (TPSA) is 46.8 Å². The van der Waals surface area contributed by atoms with Gasteiger partial charge in [0, 0.05) is 36.3 Å². The van der Waals surface area contributed by atoms with Crippen LogP contribution in [-0.2, 0) is 11.2 Å². The Morgan fingerprint density at radius 2 is 1.88 bits per heavy atom. The van der Waals surface area contributed by atoms with Crippen molar-refractivity contribution < 1.29 is 4.74 Å². The van der Waals surface area contributed by atoms with E-state index in [1.54, 1.807) is 4.40 Å². The van der Waals surface area contributed by atoms with Gasteiger partial charge in [-0.1, -0.05) is 29.8 Å². The number of ether oxygens (including phenoxy) is 1. The summed E-state index contributed by atoms with van der Waals surface area (Å²) in [6.07, 6.45) is 0.726. The summed E-state index contributed by atoms with van der Waals surface area (Å²) >= 11 is 1.52. The average molecular weight is 369 g/mol. The van der Waals surface area contributed by atoms with Crippen LogP contribution < -0.4 is 5.56 Å². The number of aryl methyl sites for hydroxylation is 2. The number of morpholine rings is 1. The first kappa shape index (κ1) is 17.4. The molecule has 0 bridgehead atoms. The summed E-state index contributed by atoms with van der Waals surface area (Å²) in [4.78, 5) is 21.0. The molecule has 1 aromatic carbocycles. The number of hydrogen-bond acceptors (Lipinski definition) is 5. The quantitative estimate of drug-likeness (QED) is 0.709. The summed E-state index contributed by atoms with van der Waals surface area (Å²) in [5.41, 5.74) is 4.92.